The summed E-state index contributed by atoms with van der Waals surface area (Å²) < 4.78 is 0. The summed E-state index contributed by atoms with van der Waals surface area (Å²) >= 11 is 0. The van der Waals surface area contributed by atoms with Gasteiger partial charge in [-0.1, -0.05) is 25.1 Å². The molecule has 27 heavy (non-hydrogen) atoms. The van der Waals surface area contributed by atoms with Crippen LogP contribution in [0.4, 0.5) is 0 Å². The summed E-state index contributed by atoms with van der Waals surface area (Å²) in [4.78, 5) is 1.57. The van der Waals surface area contributed by atoms with E-state index < -0.39 is 0 Å². The van der Waals surface area contributed by atoms with Crippen LogP contribution in [-0.2, 0) is 0 Å². The number of fused-ring (bicyclic) bond motifs is 1. The molecular weight excluding hydrogens is 336 g/mol. The zero-order valence-electron chi connectivity index (χ0n) is 16.7. The highest BCUT2D eigenvalue weighted by molar-refractivity contribution is 5.73. The van der Waals surface area contributed by atoms with Crippen LogP contribution in [0.2, 0.25) is 0 Å². The number of hydrogen-bond donors (Lipinski definition) is 2. The maximum Gasteiger partial charge on any atom is 0.146 e. The van der Waals surface area contributed by atoms with Crippen molar-refractivity contribution in [3.8, 4) is 11.4 Å². The van der Waals surface area contributed by atoms with Crippen molar-refractivity contribution >= 4 is 11.0 Å². The Kier molecular flexibility index (Phi) is 4.22. The zero-order valence-corrected chi connectivity index (χ0v) is 16.7. The number of aryl methyl sites for hydroxylation is 1. The molecule has 1 aliphatic rings. The van der Waals surface area contributed by atoms with Gasteiger partial charge in [0.2, 0.25) is 0 Å². The molecule has 0 aliphatic carbocycles. The molecule has 142 valence electrons. The standard InChI is InChI=1S/C22H28N4O/c1-13-10-16(17-12-22(4,5)23-15(3)14(17)2)11-20(21(13)27)26-24-18-8-6-7-9-19(18)25-26/h6-11,14-15,17,23,27H,12H2,1-5H3. The highest BCUT2D eigenvalue weighted by Gasteiger charge is 2.37. The monoisotopic (exact) mass is 364 g/mol. The van der Waals surface area contributed by atoms with Crippen molar-refractivity contribution in [2.24, 2.45) is 5.92 Å². The maximum atomic E-state index is 10.7. The summed E-state index contributed by atoms with van der Waals surface area (Å²) in [7, 11) is 0. The molecule has 1 aromatic heterocycles. The lowest BCUT2D eigenvalue weighted by Crippen LogP contribution is -2.54. The molecule has 0 spiro atoms. The minimum Gasteiger partial charge on any atom is -0.505 e. The highest BCUT2D eigenvalue weighted by atomic mass is 16.3. The van der Waals surface area contributed by atoms with Gasteiger partial charge in [-0.25, -0.2) is 0 Å². The summed E-state index contributed by atoms with van der Waals surface area (Å²) in [5, 5.41) is 23.6. The highest BCUT2D eigenvalue weighted by Crippen LogP contribution is 2.41. The summed E-state index contributed by atoms with van der Waals surface area (Å²) in [6, 6.07) is 12.4. The van der Waals surface area contributed by atoms with E-state index in [0.29, 0.717) is 23.6 Å². The van der Waals surface area contributed by atoms with Crippen molar-refractivity contribution < 1.29 is 5.11 Å². The van der Waals surface area contributed by atoms with Crippen LogP contribution >= 0.6 is 0 Å². The normalized spacial score (nSPS) is 25.0. The third-order valence-corrected chi connectivity index (χ3v) is 6.00. The predicted molar refractivity (Wildman–Crippen MR) is 108 cm³/mol. The molecule has 0 saturated carbocycles. The number of nitrogens with zero attached hydrogens (tertiary/aromatic N) is 3. The van der Waals surface area contributed by atoms with E-state index in [4.69, 9.17) is 0 Å². The average molecular weight is 364 g/mol. The molecule has 2 N–H and O–H groups in total. The van der Waals surface area contributed by atoms with Gasteiger partial charge in [-0.15, -0.1) is 15.0 Å². The lowest BCUT2D eigenvalue weighted by Gasteiger charge is -2.45. The summed E-state index contributed by atoms with van der Waals surface area (Å²) in [5.41, 5.74) is 4.49. The largest absolute Gasteiger partial charge is 0.505 e. The van der Waals surface area contributed by atoms with Crippen molar-refractivity contribution in [2.45, 2.75) is 58.5 Å². The van der Waals surface area contributed by atoms with Crippen LogP contribution in [0.5, 0.6) is 5.75 Å². The Labute approximate surface area is 160 Å². The number of aromatic nitrogens is 3. The molecule has 0 bridgehead atoms. The first-order valence-corrected chi connectivity index (χ1v) is 9.69. The smallest absolute Gasteiger partial charge is 0.146 e. The van der Waals surface area contributed by atoms with Crippen LogP contribution in [0.1, 0.15) is 51.2 Å². The van der Waals surface area contributed by atoms with Crippen molar-refractivity contribution in [3.63, 3.8) is 0 Å². The first-order valence-electron chi connectivity index (χ1n) is 9.69. The second-order valence-electron chi connectivity index (χ2n) is 8.67. The molecule has 0 amide bonds. The van der Waals surface area contributed by atoms with Gasteiger partial charge in [0.1, 0.15) is 22.5 Å². The Morgan fingerprint density at radius 3 is 2.37 bits per heavy atom. The van der Waals surface area contributed by atoms with Crippen molar-refractivity contribution in [2.75, 3.05) is 0 Å². The van der Waals surface area contributed by atoms with E-state index in [0.717, 1.165) is 23.0 Å². The Balaban J connectivity index is 1.81. The number of piperidine rings is 1. The number of phenolic OH excluding ortho intramolecular Hbond substituents is 1. The lowest BCUT2D eigenvalue weighted by molar-refractivity contribution is 0.169. The molecule has 3 unspecified atom stereocenters. The minimum absolute atomic E-state index is 0.0845. The number of hydrogen-bond acceptors (Lipinski definition) is 4. The van der Waals surface area contributed by atoms with Crippen molar-refractivity contribution in [3.05, 3.63) is 47.5 Å². The van der Waals surface area contributed by atoms with E-state index in [1.807, 2.05) is 31.2 Å². The van der Waals surface area contributed by atoms with Crippen molar-refractivity contribution in [1.82, 2.24) is 20.3 Å². The van der Waals surface area contributed by atoms with E-state index in [1.54, 1.807) is 4.80 Å². The molecule has 4 rings (SSSR count). The molecule has 3 aromatic rings. The van der Waals surface area contributed by atoms with Gasteiger partial charge in [-0.2, -0.15) is 0 Å². The van der Waals surface area contributed by atoms with E-state index >= 15 is 0 Å². The third kappa shape index (κ3) is 3.21. The molecule has 3 atom stereocenters. The second-order valence-corrected chi connectivity index (χ2v) is 8.67. The van der Waals surface area contributed by atoms with Crippen LogP contribution < -0.4 is 5.32 Å². The summed E-state index contributed by atoms with van der Waals surface area (Å²) in [6.07, 6.45) is 1.05. The van der Waals surface area contributed by atoms with Gasteiger partial charge in [0.05, 0.1) is 0 Å². The zero-order chi connectivity index (χ0) is 19.3. The maximum absolute atomic E-state index is 10.7. The molecule has 2 heterocycles. The number of rotatable bonds is 2. The molecular formula is C22H28N4O. The SMILES string of the molecule is Cc1cc(C2CC(C)(C)NC(C)C2C)cc(-n2nc3ccccc3n2)c1O. The Hall–Kier alpha value is -2.40. The average Bonchev–Trinajstić information content (AvgIpc) is 3.04. The Bertz CT molecular complexity index is 958. The number of aromatic hydroxyl groups is 1. The van der Waals surface area contributed by atoms with E-state index in [-0.39, 0.29) is 11.3 Å². The fraction of sp³-hybridized carbons (Fsp3) is 0.455. The molecule has 0 radical (unpaired) electrons. The molecule has 5 nitrogen and oxygen atoms in total. The van der Waals surface area contributed by atoms with E-state index in [9.17, 15) is 5.11 Å². The first kappa shape index (κ1) is 18.0. The van der Waals surface area contributed by atoms with Crippen LogP contribution in [0, 0.1) is 12.8 Å². The summed E-state index contributed by atoms with van der Waals surface area (Å²) in [5.74, 6) is 1.16. The third-order valence-electron chi connectivity index (χ3n) is 6.00. The predicted octanol–water partition coefficient (Wildman–Crippen LogP) is 4.31. The van der Waals surface area contributed by atoms with Crippen LogP contribution in [0.25, 0.3) is 16.7 Å². The van der Waals surface area contributed by atoms with Gasteiger partial charge in [0, 0.05) is 11.6 Å². The van der Waals surface area contributed by atoms with Gasteiger partial charge in [0.15, 0.2) is 0 Å². The molecule has 1 aliphatic heterocycles. The molecule has 2 aromatic carbocycles. The van der Waals surface area contributed by atoms with E-state index in [2.05, 4.69) is 55.3 Å². The molecule has 5 heteroatoms. The van der Waals surface area contributed by atoms with Crippen molar-refractivity contribution in [1.29, 1.82) is 0 Å². The second kappa shape index (κ2) is 6.34. The number of benzene rings is 2. The number of phenols is 1. The summed E-state index contributed by atoms with van der Waals surface area (Å²) in [6.45, 7) is 11.0. The quantitative estimate of drug-likeness (QED) is 0.711. The fourth-order valence-corrected chi connectivity index (χ4v) is 4.43. The van der Waals surface area contributed by atoms with Gasteiger partial charge < -0.3 is 10.4 Å². The Morgan fingerprint density at radius 1 is 1.11 bits per heavy atom. The fourth-order valence-electron chi connectivity index (χ4n) is 4.43. The van der Waals surface area contributed by atoms with Crippen LogP contribution in [0.15, 0.2) is 36.4 Å². The number of nitrogens with one attached hydrogen (secondary N) is 1. The molecule has 1 saturated heterocycles. The minimum atomic E-state index is 0.0845. The van der Waals surface area contributed by atoms with E-state index in [1.165, 1.54) is 5.56 Å². The van der Waals surface area contributed by atoms with Gasteiger partial charge in [-0.3, -0.25) is 0 Å². The van der Waals surface area contributed by atoms with Crippen LogP contribution in [0.3, 0.4) is 0 Å². The van der Waals surface area contributed by atoms with Gasteiger partial charge in [-0.05, 0) is 75.3 Å². The van der Waals surface area contributed by atoms with Gasteiger partial charge in [0.25, 0.3) is 0 Å². The topological polar surface area (TPSA) is 63.0 Å². The first-order chi connectivity index (χ1) is 12.7. The molecule has 1 fully saturated rings. The lowest BCUT2D eigenvalue weighted by atomic mass is 9.71. The Morgan fingerprint density at radius 2 is 1.74 bits per heavy atom. The van der Waals surface area contributed by atoms with Crippen LogP contribution in [-0.4, -0.2) is 31.7 Å². The van der Waals surface area contributed by atoms with Gasteiger partial charge >= 0.3 is 0 Å².